The topological polar surface area (TPSA) is 21.3 Å². The van der Waals surface area contributed by atoms with Crippen LogP contribution in [0, 0.1) is 11.3 Å². The summed E-state index contributed by atoms with van der Waals surface area (Å²) in [5, 5.41) is 3.55. The summed E-state index contributed by atoms with van der Waals surface area (Å²) >= 11 is 0. The molecule has 0 aliphatic rings. The first-order chi connectivity index (χ1) is 7.52. The van der Waals surface area contributed by atoms with E-state index in [0.717, 1.165) is 19.6 Å². The fourth-order valence-corrected chi connectivity index (χ4v) is 1.66. The molecule has 0 radical (unpaired) electrons. The lowest BCUT2D eigenvalue weighted by Crippen LogP contribution is -2.43. The number of hydrogen-bond acceptors (Lipinski definition) is 2. The molecule has 2 heteroatoms. The van der Waals surface area contributed by atoms with Crippen LogP contribution in [0.3, 0.4) is 0 Å². The lowest BCUT2D eigenvalue weighted by Gasteiger charge is -2.31. The van der Waals surface area contributed by atoms with Crippen molar-refractivity contribution < 1.29 is 4.74 Å². The maximum Gasteiger partial charge on any atom is 0.0549 e. The van der Waals surface area contributed by atoms with E-state index in [-0.39, 0.29) is 11.0 Å². The van der Waals surface area contributed by atoms with Gasteiger partial charge in [0, 0.05) is 17.5 Å². The quantitative estimate of drug-likeness (QED) is 0.733. The van der Waals surface area contributed by atoms with Crippen LogP contribution in [-0.4, -0.2) is 24.8 Å². The Labute approximate surface area is 109 Å². The van der Waals surface area contributed by atoms with Crippen LogP contribution < -0.4 is 5.32 Å². The minimum atomic E-state index is 0.181. The van der Waals surface area contributed by atoms with Gasteiger partial charge in [-0.05, 0) is 40.0 Å². The third-order valence-electron chi connectivity index (χ3n) is 2.66. The predicted molar refractivity (Wildman–Crippen MR) is 76.4 cm³/mol. The number of nitrogens with one attached hydrogen (secondary N) is 1. The summed E-state index contributed by atoms with van der Waals surface area (Å²) in [6.45, 7) is 19.6. The van der Waals surface area contributed by atoms with Gasteiger partial charge >= 0.3 is 0 Å². The zero-order valence-electron chi connectivity index (χ0n) is 13.2. The molecule has 0 aliphatic heterocycles. The van der Waals surface area contributed by atoms with Gasteiger partial charge in [-0.2, -0.15) is 0 Å². The van der Waals surface area contributed by atoms with Crippen molar-refractivity contribution in [2.45, 2.75) is 73.5 Å². The molecule has 0 saturated heterocycles. The zero-order chi connectivity index (χ0) is 13.7. The van der Waals surface area contributed by atoms with E-state index in [2.05, 4.69) is 60.7 Å². The molecule has 0 amide bonds. The van der Waals surface area contributed by atoms with Crippen molar-refractivity contribution in [3.05, 3.63) is 0 Å². The predicted octanol–water partition coefficient (Wildman–Crippen LogP) is 3.85. The lowest BCUT2D eigenvalue weighted by molar-refractivity contribution is 0.00133. The van der Waals surface area contributed by atoms with Crippen LogP contribution in [0.1, 0.15) is 61.8 Å². The minimum absolute atomic E-state index is 0.181. The van der Waals surface area contributed by atoms with E-state index < -0.39 is 0 Å². The van der Waals surface area contributed by atoms with Crippen LogP contribution in [0.5, 0.6) is 0 Å². The van der Waals surface area contributed by atoms with Gasteiger partial charge in [0.05, 0.1) is 12.7 Å². The zero-order valence-corrected chi connectivity index (χ0v) is 13.2. The van der Waals surface area contributed by atoms with E-state index in [1.807, 2.05) is 0 Å². The van der Waals surface area contributed by atoms with Crippen molar-refractivity contribution in [2.75, 3.05) is 13.2 Å². The summed E-state index contributed by atoms with van der Waals surface area (Å²) in [6, 6.07) is 0. The molecule has 2 nitrogen and oxygen atoms in total. The van der Waals surface area contributed by atoms with Crippen molar-refractivity contribution in [2.24, 2.45) is 11.3 Å². The summed E-state index contributed by atoms with van der Waals surface area (Å²) in [5.74, 6) is 0.709. The Morgan fingerprint density at radius 1 is 1.00 bits per heavy atom. The lowest BCUT2D eigenvalue weighted by atomic mass is 9.93. The second kappa shape index (κ2) is 6.75. The summed E-state index contributed by atoms with van der Waals surface area (Å²) in [7, 11) is 0. The van der Waals surface area contributed by atoms with Crippen molar-refractivity contribution in [3.8, 4) is 0 Å². The van der Waals surface area contributed by atoms with Crippen LogP contribution in [-0.2, 0) is 4.74 Å². The molecular formula is C15H33NO. The SMILES string of the molecule is CC(C)CC(C)OCC(C)(C)CNC(C)(C)C. The molecule has 0 spiro atoms. The fourth-order valence-electron chi connectivity index (χ4n) is 1.66. The number of ether oxygens (including phenoxy) is 1. The van der Waals surface area contributed by atoms with E-state index in [0.29, 0.717) is 12.0 Å². The van der Waals surface area contributed by atoms with Gasteiger partial charge in [-0.15, -0.1) is 0 Å². The Balaban J connectivity index is 3.92. The number of rotatable bonds is 7. The molecule has 0 aromatic carbocycles. The molecule has 1 N–H and O–H groups in total. The molecule has 1 unspecified atom stereocenters. The highest BCUT2D eigenvalue weighted by Crippen LogP contribution is 2.18. The minimum Gasteiger partial charge on any atom is -0.378 e. The Morgan fingerprint density at radius 3 is 1.94 bits per heavy atom. The Morgan fingerprint density at radius 2 is 1.53 bits per heavy atom. The van der Waals surface area contributed by atoms with Gasteiger partial charge in [-0.1, -0.05) is 27.7 Å². The number of hydrogen-bond donors (Lipinski definition) is 1. The molecule has 0 aromatic heterocycles. The van der Waals surface area contributed by atoms with Crippen LogP contribution in [0.2, 0.25) is 0 Å². The normalized spacial score (nSPS) is 15.4. The second-order valence-electron chi connectivity index (χ2n) is 7.52. The Hall–Kier alpha value is -0.0800. The first-order valence-electron chi connectivity index (χ1n) is 6.88. The second-order valence-corrected chi connectivity index (χ2v) is 7.52. The van der Waals surface area contributed by atoms with E-state index in [1.54, 1.807) is 0 Å². The van der Waals surface area contributed by atoms with Crippen LogP contribution in [0.15, 0.2) is 0 Å². The molecule has 0 aromatic rings. The molecule has 0 heterocycles. The molecule has 0 fully saturated rings. The highest BCUT2D eigenvalue weighted by molar-refractivity contribution is 4.78. The summed E-state index contributed by atoms with van der Waals surface area (Å²) < 4.78 is 5.94. The van der Waals surface area contributed by atoms with Gasteiger partial charge in [0.2, 0.25) is 0 Å². The molecule has 104 valence electrons. The van der Waals surface area contributed by atoms with Gasteiger partial charge in [-0.25, -0.2) is 0 Å². The third kappa shape index (κ3) is 10.8. The van der Waals surface area contributed by atoms with Crippen molar-refractivity contribution in [1.29, 1.82) is 0 Å². The Bertz CT molecular complexity index is 203. The van der Waals surface area contributed by atoms with E-state index >= 15 is 0 Å². The smallest absolute Gasteiger partial charge is 0.0549 e. The average molecular weight is 243 g/mol. The van der Waals surface area contributed by atoms with Crippen molar-refractivity contribution in [3.63, 3.8) is 0 Å². The maximum atomic E-state index is 5.94. The van der Waals surface area contributed by atoms with E-state index in [1.165, 1.54) is 0 Å². The average Bonchev–Trinajstić information content (AvgIpc) is 2.10. The standard InChI is InChI=1S/C15H33NO/c1-12(2)9-13(3)17-11-15(7,8)10-16-14(4,5)6/h12-13,16H,9-11H2,1-8H3. The first kappa shape index (κ1) is 16.9. The van der Waals surface area contributed by atoms with Crippen LogP contribution >= 0.6 is 0 Å². The monoisotopic (exact) mass is 243 g/mol. The highest BCUT2D eigenvalue weighted by Gasteiger charge is 2.22. The van der Waals surface area contributed by atoms with Crippen LogP contribution in [0.4, 0.5) is 0 Å². The molecule has 0 bridgehead atoms. The third-order valence-corrected chi connectivity index (χ3v) is 2.66. The Kier molecular flexibility index (Phi) is 6.71. The largest absolute Gasteiger partial charge is 0.378 e. The summed E-state index contributed by atoms with van der Waals surface area (Å²) in [5.41, 5.74) is 0.374. The van der Waals surface area contributed by atoms with E-state index in [4.69, 9.17) is 4.74 Å². The summed E-state index contributed by atoms with van der Waals surface area (Å²) in [6.07, 6.45) is 1.51. The maximum absolute atomic E-state index is 5.94. The molecule has 0 rings (SSSR count). The summed E-state index contributed by atoms with van der Waals surface area (Å²) in [4.78, 5) is 0. The molecule has 1 atom stereocenters. The fraction of sp³-hybridized carbons (Fsp3) is 1.00. The van der Waals surface area contributed by atoms with Gasteiger partial charge in [-0.3, -0.25) is 0 Å². The van der Waals surface area contributed by atoms with Crippen molar-refractivity contribution in [1.82, 2.24) is 5.32 Å². The molecule has 0 aliphatic carbocycles. The molecule has 0 saturated carbocycles. The van der Waals surface area contributed by atoms with Gasteiger partial charge < -0.3 is 10.1 Å². The highest BCUT2D eigenvalue weighted by atomic mass is 16.5. The molecular weight excluding hydrogens is 210 g/mol. The van der Waals surface area contributed by atoms with Gasteiger partial charge in [0.1, 0.15) is 0 Å². The van der Waals surface area contributed by atoms with Crippen LogP contribution in [0.25, 0.3) is 0 Å². The van der Waals surface area contributed by atoms with Gasteiger partial charge in [0.15, 0.2) is 0 Å². The van der Waals surface area contributed by atoms with Crippen molar-refractivity contribution >= 4 is 0 Å². The molecule has 17 heavy (non-hydrogen) atoms. The van der Waals surface area contributed by atoms with E-state index in [9.17, 15) is 0 Å². The van der Waals surface area contributed by atoms with Gasteiger partial charge in [0.25, 0.3) is 0 Å². The first-order valence-corrected chi connectivity index (χ1v) is 6.88.